The maximum Gasteiger partial charge on any atom is 0.191 e. The summed E-state index contributed by atoms with van der Waals surface area (Å²) in [7, 11) is 3.87. The standard InChI is InChI=1S/C16H31N5OS/c1-6-17-16(18-8-10-21(4)9-7-11-22-5)19-12-15-13(2)20-14(3)23-15/h6-12H2,1-5H3,(H2,17,18,19). The Kier molecular flexibility index (Phi) is 9.82. The number of aromatic nitrogens is 1. The predicted octanol–water partition coefficient (Wildman–Crippen LogP) is 1.78. The van der Waals surface area contributed by atoms with E-state index in [4.69, 9.17) is 4.74 Å². The minimum Gasteiger partial charge on any atom is -0.385 e. The highest BCUT2D eigenvalue weighted by molar-refractivity contribution is 7.11. The molecule has 6 nitrogen and oxygen atoms in total. The minimum atomic E-state index is 0.677. The monoisotopic (exact) mass is 341 g/mol. The van der Waals surface area contributed by atoms with Gasteiger partial charge in [0.25, 0.3) is 0 Å². The highest BCUT2D eigenvalue weighted by Gasteiger charge is 2.05. The highest BCUT2D eigenvalue weighted by atomic mass is 32.1. The predicted molar refractivity (Wildman–Crippen MR) is 98.4 cm³/mol. The molecule has 1 rings (SSSR count). The molecule has 0 fully saturated rings. The second-order valence-corrected chi connectivity index (χ2v) is 6.80. The molecule has 0 aliphatic carbocycles. The smallest absolute Gasteiger partial charge is 0.191 e. The summed E-state index contributed by atoms with van der Waals surface area (Å²) in [6.45, 7) is 11.4. The number of methoxy groups -OCH3 is 1. The van der Waals surface area contributed by atoms with Crippen LogP contribution in [0.25, 0.3) is 0 Å². The van der Waals surface area contributed by atoms with E-state index >= 15 is 0 Å². The summed E-state index contributed by atoms with van der Waals surface area (Å²) < 4.78 is 5.08. The molecule has 0 saturated carbocycles. The van der Waals surface area contributed by atoms with Crippen LogP contribution in [0.4, 0.5) is 0 Å². The summed E-state index contributed by atoms with van der Waals surface area (Å²) >= 11 is 1.72. The van der Waals surface area contributed by atoms with Gasteiger partial charge in [-0.15, -0.1) is 11.3 Å². The summed E-state index contributed by atoms with van der Waals surface area (Å²) in [6, 6.07) is 0. The van der Waals surface area contributed by atoms with Gasteiger partial charge in [0, 0.05) is 44.8 Å². The Hall–Kier alpha value is -1.18. The van der Waals surface area contributed by atoms with Crippen molar-refractivity contribution in [1.29, 1.82) is 0 Å². The normalized spacial score (nSPS) is 12.0. The van der Waals surface area contributed by atoms with Crippen molar-refractivity contribution in [3.63, 3.8) is 0 Å². The SMILES string of the molecule is CCNC(=NCc1sc(C)nc1C)NCCN(C)CCCOC. The average Bonchev–Trinajstić information content (AvgIpc) is 2.83. The first-order valence-corrected chi connectivity index (χ1v) is 9.01. The highest BCUT2D eigenvalue weighted by Crippen LogP contribution is 2.17. The molecule has 0 aromatic carbocycles. The van der Waals surface area contributed by atoms with Crippen LogP contribution in [-0.4, -0.2) is 62.8 Å². The van der Waals surface area contributed by atoms with Crippen molar-refractivity contribution < 1.29 is 4.74 Å². The molecule has 0 atom stereocenters. The van der Waals surface area contributed by atoms with Crippen LogP contribution in [0, 0.1) is 13.8 Å². The fourth-order valence-electron chi connectivity index (χ4n) is 2.17. The van der Waals surface area contributed by atoms with Gasteiger partial charge in [-0.25, -0.2) is 9.98 Å². The van der Waals surface area contributed by atoms with Gasteiger partial charge >= 0.3 is 0 Å². The molecule has 2 N–H and O–H groups in total. The van der Waals surface area contributed by atoms with Gasteiger partial charge in [0.1, 0.15) is 0 Å². The number of likely N-dealkylation sites (N-methyl/N-ethyl adjacent to an activating group) is 1. The topological polar surface area (TPSA) is 61.8 Å². The molecule has 0 amide bonds. The summed E-state index contributed by atoms with van der Waals surface area (Å²) in [5.74, 6) is 0.864. The van der Waals surface area contributed by atoms with Gasteiger partial charge in [0.05, 0.1) is 17.2 Å². The fourth-order valence-corrected chi connectivity index (χ4v) is 3.03. The lowest BCUT2D eigenvalue weighted by Gasteiger charge is -2.18. The molecule has 132 valence electrons. The molecular formula is C16H31N5OS. The van der Waals surface area contributed by atoms with Gasteiger partial charge in [-0.1, -0.05) is 0 Å². The first-order chi connectivity index (χ1) is 11.1. The zero-order chi connectivity index (χ0) is 17.1. The number of guanidine groups is 1. The molecule has 1 aromatic rings. The van der Waals surface area contributed by atoms with Crippen molar-refractivity contribution >= 4 is 17.3 Å². The van der Waals surface area contributed by atoms with Gasteiger partial charge < -0.3 is 20.3 Å². The van der Waals surface area contributed by atoms with Crippen LogP contribution in [0.1, 0.15) is 28.9 Å². The zero-order valence-electron chi connectivity index (χ0n) is 15.1. The Morgan fingerprint density at radius 1 is 1.30 bits per heavy atom. The van der Waals surface area contributed by atoms with Crippen LogP contribution in [0.2, 0.25) is 0 Å². The third kappa shape index (κ3) is 8.29. The third-order valence-corrected chi connectivity index (χ3v) is 4.46. The number of rotatable bonds is 10. The number of thiazole rings is 1. The number of aliphatic imine (C=N–C) groups is 1. The van der Waals surface area contributed by atoms with E-state index in [1.807, 2.05) is 13.8 Å². The van der Waals surface area contributed by atoms with Crippen LogP contribution in [0.5, 0.6) is 0 Å². The van der Waals surface area contributed by atoms with E-state index in [2.05, 4.69) is 39.5 Å². The van der Waals surface area contributed by atoms with Gasteiger partial charge in [-0.2, -0.15) is 0 Å². The Balaban J connectivity index is 2.39. The lowest BCUT2D eigenvalue weighted by molar-refractivity contribution is 0.180. The lowest BCUT2D eigenvalue weighted by atomic mass is 10.4. The molecule has 0 bridgehead atoms. The van der Waals surface area contributed by atoms with Crippen molar-refractivity contribution in [2.75, 3.05) is 46.9 Å². The molecule has 0 saturated heterocycles. The molecule has 0 aliphatic rings. The van der Waals surface area contributed by atoms with Crippen molar-refractivity contribution in [1.82, 2.24) is 20.5 Å². The van der Waals surface area contributed by atoms with Crippen molar-refractivity contribution in [2.45, 2.75) is 33.7 Å². The molecule has 7 heteroatoms. The summed E-state index contributed by atoms with van der Waals surface area (Å²) in [5.41, 5.74) is 1.09. The van der Waals surface area contributed by atoms with E-state index in [0.717, 1.165) is 55.9 Å². The van der Waals surface area contributed by atoms with Gasteiger partial charge in [-0.05, 0) is 34.2 Å². The maximum absolute atomic E-state index is 5.08. The van der Waals surface area contributed by atoms with Crippen LogP contribution < -0.4 is 10.6 Å². The maximum atomic E-state index is 5.08. The van der Waals surface area contributed by atoms with E-state index in [9.17, 15) is 0 Å². The van der Waals surface area contributed by atoms with Crippen LogP contribution in [0.3, 0.4) is 0 Å². The summed E-state index contributed by atoms with van der Waals surface area (Å²) in [4.78, 5) is 12.6. The number of hydrogen-bond acceptors (Lipinski definition) is 5. The van der Waals surface area contributed by atoms with Gasteiger partial charge in [0.2, 0.25) is 0 Å². The summed E-state index contributed by atoms with van der Waals surface area (Å²) in [6.07, 6.45) is 1.06. The number of nitrogens with zero attached hydrogens (tertiary/aromatic N) is 3. The van der Waals surface area contributed by atoms with E-state index < -0.39 is 0 Å². The quantitative estimate of drug-likeness (QED) is 0.386. The first-order valence-electron chi connectivity index (χ1n) is 8.19. The van der Waals surface area contributed by atoms with Gasteiger partial charge in [0.15, 0.2) is 5.96 Å². The van der Waals surface area contributed by atoms with Crippen LogP contribution >= 0.6 is 11.3 Å². The Labute approximate surface area is 144 Å². The molecule has 23 heavy (non-hydrogen) atoms. The van der Waals surface area contributed by atoms with Crippen molar-refractivity contribution in [2.24, 2.45) is 4.99 Å². The number of nitrogens with one attached hydrogen (secondary N) is 2. The van der Waals surface area contributed by atoms with Crippen molar-refractivity contribution in [3.8, 4) is 0 Å². The number of hydrogen-bond donors (Lipinski definition) is 2. The zero-order valence-corrected chi connectivity index (χ0v) is 15.9. The molecule has 0 radical (unpaired) electrons. The number of ether oxygens (including phenoxy) is 1. The molecule has 0 aliphatic heterocycles. The van der Waals surface area contributed by atoms with Crippen molar-refractivity contribution in [3.05, 3.63) is 15.6 Å². The third-order valence-electron chi connectivity index (χ3n) is 3.40. The Bertz CT molecular complexity index is 475. The Morgan fingerprint density at radius 2 is 2.09 bits per heavy atom. The van der Waals surface area contributed by atoms with Crippen LogP contribution in [0.15, 0.2) is 4.99 Å². The molecular weight excluding hydrogens is 310 g/mol. The number of aryl methyl sites for hydroxylation is 2. The Morgan fingerprint density at radius 3 is 2.70 bits per heavy atom. The second-order valence-electron chi connectivity index (χ2n) is 5.51. The largest absolute Gasteiger partial charge is 0.385 e. The van der Waals surface area contributed by atoms with E-state index in [1.54, 1.807) is 18.4 Å². The lowest BCUT2D eigenvalue weighted by Crippen LogP contribution is -2.41. The molecule has 1 aromatic heterocycles. The summed E-state index contributed by atoms with van der Waals surface area (Å²) in [5, 5.41) is 7.78. The van der Waals surface area contributed by atoms with E-state index in [1.165, 1.54) is 4.88 Å². The first kappa shape index (κ1) is 19.9. The molecule has 0 spiro atoms. The second kappa shape index (κ2) is 11.4. The molecule has 0 unspecified atom stereocenters. The molecule has 1 heterocycles. The van der Waals surface area contributed by atoms with Crippen LogP contribution in [-0.2, 0) is 11.3 Å². The van der Waals surface area contributed by atoms with Gasteiger partial charge in [-0.3, -0.25) is 0 Å². The fraction of sp³-hybridized carbons (Fsp3) is 0.750. The minimum absolute atomic E-state index is 0.677. The average molecular weight is 342 g/mol. The van der Waals surface area contributed by atoms with E-state index in [-0.39, 0.29) is 0 Å². The van der Waals surface area contributed by atoms with E-state index in [0.29, 0.717) is 6.54 Å².